The Labute approximate surface area is 287 Å². The van der Waals surface area contributed by atoms with Gasteiger partial charge in [0.05, 0.1) is 11.3 Å². The number of hydrogen-bond acceptors (Lipinski definition) is 8. The Morgan fingerprint density at radius 3 is 2.22 bits per heavy atom. The second-order valence-electron chi connectivity index (χ2n) is 11.2. The van der Waals surface area contributed by atoms with Crippen LogP contribution in [0.4, 0.5) is 24.7 Å². The maximum Gasteiger partial charge on any atom is 0.472 e. The molecule has 0 saturated heterocycles. The van der Waals surface area contributed by atoms with E-state index in [1.807, 2.05) is 5.43 Å². The normalized spacial score (nSPS) is 11.1. The van der Waals surface area contributed by atoms with Crippen molar-refractivity contribution in [2.24, 2.45) is 11.5 Å². The number of phenols is 1. The van der Waals surface area contributed by atoms with E-state index in [-0.39, 0.29) is 54.1 Å². The van der Waals surface area contributed by atoms with E-state index in [1.54, 1.807) is 54.6 Å². The lowest BCUT2D eigenvalue weighted by atomic mass is 9.96. The van der Waals surface area contributed by atoms with Gasteiger partial charge in [-0.05, 0) is 48.4 Å². The van der Waals surface area contributed by atoms with Crippen LogP contribution in [0.3, 0.4) is 0 Å². The number of amidine groups is 2. The number of carbonyl (C=O) groups is 3. The molecule has 14 nitrogen and oxygen atoms in total. The summed E-state index contributed by atoms with van der Waals surface area (Å²) in [4.78, 5) is 43.3. The van der Waals surface area contributed by atoms with Gasteiger partial charge < -0.3 is 32.2 Å². The van der Waals surface area contributed by atoms with Crippen molar-refractivity contribution in [3.05, 3.63) is 95.7 Å². The van der Waals surface area contributed by atoms with Crippen LogP contribution in [0.25, 0.3) is 33.3 Å². The number of nitrogens with one attached hydrogen (secondary N) is 7. The molecule has 17 heteroatoms. The lowest BCUT2D eigenvalue weighted by molar-refractivity contribution is -0.173. The van der Waals surface area contributed by atoms with E-state index in [2.05, 4.69) is 20.6 Å². The minimum absolute atomic E-state index is 0.0329. The molecule has 0 fully saturated rings. The Kier molecular flexibility index (Phi) is 10.2. The number of hydrazine groups is 1. The zero-order valence-electron chi connectivity index (χ0n) is 26.5. The Hall–Kier alpha value is -6.91. The monoisotopic (exact) mass is 700 g/mol. The predicted molar refractivity (Wildman–Crippen MR) is 185 cm³/mol. The first kappa shape index (κ1) is 35.4. The highest BCUT2D eigenvalue weighted by Crippen LogP contribution is 2.43. The fourth-order valence-electron chi connectivity index (χ4n) is 5.06. The number of hydrogen-bond donors (Lipinski definition) is 10. The average molecular weight is 701 g/mol. The molecule has 5 rings (SSSR count). The third-order valence-electron chi connectivity index (χ3n) is 7.60. The summed E-state index contributed by atoms with van der Waals surface area (Å²) in [5, 5.41) is 32.7. The number of pyridine rings is 1. The molecule has 0 unspecified atom stereocenters. The summed E-state index contributed by atoms with van der Waals surface area (Å²) < 4.78 is 36.9. The summed E-state index contributed by atoms with van der Waals surface area (Å²) in [5.74, 6) is -3.47. The number of halogens is 3. The molecule has 2 aromatic heterocycles. The van der Waals surface area contributed by atoms with Gasteiger partial charge in [-0.15, -0.1) is 0 Å². The lowest BCUT2D eigenvalue weighted by Gasteiger charge is -2.12. The summed E-state index contributed by atoms with van der Waals surface area (Å²) in [6.45, 7) is 0.123. The van der Waals surface area contributed by atoms with Crippen molar-refractivity contribution in [1.82, 2.24) is 20.7 Å². The number of aromatic hydroxyl groups is 1. The molecule has 262 valence electrons. The molecule has 5 aromatic rings. The number of nitrogens with two attached hydrogens (primary N) is 2. The molecule has 3 amide bonds. The van der Waals surface area contributed by atoms with Crippen molar-refractivity contribution in [3.63, 3.8) is 0 Å². The van der Waals surface area contributed by atoms with Gasteiger partial charge in [0, 0.05) is 58.0 Å². The fraction of sp³-hybridized carbons (Fsp3) is 0.118. The van der Waals surface area contributed by atoms with E-state index in [9.17, 15) is 32.7 Å². The van der Waals surface area contributed by atoms with E-state index in [1.165, 1.54) is 23.6 Å². The van der Waals surface area contributed by atoms with Gasteiger partial charge in [-0.3, -0.25) is 36.1 Å². The second-order valence-corrected chi connectivity index (χ2v) is 11.2. The first-order valence-corrected chi connectivity index (χ1v) is 15.2. The third-order valence-corrected chi connectivity index (χ3v) is 7.60. The molecule has 0 radical (unpaired) electrons. The minimum atomic E-state index is -5.07. The van der Waals surface area contributed by atoms with Gasteiger partial charge in [0.2, 0.25) is 5.91 Å². The number of nitrogens with zero attached hydrogens (tertiary/aromatic N) is 1. The number of nitrogen functional groups attached to an aromatic ring is 2. The van der Waals surface area contributed by atoms with Crippen molar-refractivity contribution in [2.45, 2.75) is 19.0 Å². The lowest BCUT2D eigenvalue weighted by Crippen LogP contribution is -2.40. The minimum Gasteiger partial charge on any atom is -0.507 e. The van der Waals surface area contributed by atoms with Crippen LogP contribution in [-0.2, 0) is 9.59 Å². The van der Waals surface area contributed by atoms with Crippen molar-refractivity contribution in [3.8, 4) is 28.1 Å². The van der Waals surface area contributed by atoms with E-state index < -0.39 is 18.0 Å². The van der Waals surface area contributed by atoms with Crippen LogP contribution < -0.4 is 33.0 Å². The highest BCUT2D eigenvalue weighted by Gasteiger charge is 2.38. The molecule has 0 atom stereocenters. The number of rotatable bonds is 12. The summed E-state index contributed by atoms with van der Waals surface area (Å²) in [6, 6.07) is 19.3. The number of phenolic OH excluding ortho intramolecular Hbond substituents is 1. The molecule has 0 aliphatic carbocycles. The Morgan fingerprint density at radius 1 is 0.882 bits per heavy atom. The highest BCUT2D eigenvalue weighted by atomic mass is 19.4. The Morgan fingerprint density at radius 2 is 1.57 bits per heavy atom. The number of H-pyrrole nitrogens is 1. The number of aromatic nitrogens is 2. The quantitative estimate of drug-likeness (QED) is 0.0294. The maximum atomic E-state index is 12.8. The molecule has 0 saturated carbocycles. The van der Waals surface area contributed by atoms with Crippen LogP contribution in [-0.4, -0.2) is 57.2 Å². The summed E-state index contributed by atoms with van der Waals surface area (Å²) in [5.41, 5.74) is 19.4. The molecule has 0 aliphatic rings. The standard InChI is InChI=1S/C34H31F3N10O4/c35-34(36,37)33(51)47-46-26-12-8-20(16-43-26)32(50)42-13-1-2-27(49)44-21-9-11-25(48)23(15-21)28-22-10-7-19(31(40)41)14-24(22)45-29(28)17-3-5-18(6-4-17)30(38)39/h3-12,14-16,45,48H,1-2,13H2,(H3,38,39)(H3,40,41)(H,42,50)(H,43,46)(H,44,49)(H,47,51). The molecule has 12 N–H and O–H groups in total. The molecule has 0 bridgehead atoms. The zero-order chi connectivity index (χ0) is 36.9. The topological polar surface area (TPSA) is 248 Å². The fourth-order valence-corrected chi connectivity index (χ4v) is 5.06. The van der Waals surface area contributed by atoms with Gasteiger partial charge in [-0.25, -0.2) is 4.98 Å². The van der Waals surface area contributed by atoms with Crippen LogP contribution in [0, 0.1) is 10.8 Å². The van der Waals surface area contributed by atoms with Crippen molar-refractivity contribution in [1.29, 1.82) is 10.8 Å². The molecule has 0 spiro atoms. The molecule has 0 aliphatic heterocycles. The van der Waals surface area contributed by atoms with E-state index in [0.717, 1.165) is 17.1 Å². The SMILES string of the molecule is N=C(N)c1ccc(-c2[nH]c3cc(C(=N)N)ccc3c2-c2cc(NC(=O)CCCNC(=O)c3ccc(NNC(=O)C(F)(F)F)nc3)ccc2O)cc1. The van der Waals surface area contributed by atoms with E-state index >= 15 is 0 Å². The summed E-state index contributed by atoms with van der Waals surface area (Å²) >= 11 is 0. The van der Waals surface area contributed by atoms with Gasteiger partial charge >= 0.3 is 12.1 Å². The first-order chi connectivity index (χ1) is 24.2. The molecular weight excluding hydrogens is 669 g/mol. The van der Waals surface area contributed by atoms with Crippen LogP contribution in [0.5, 0.6) is 5.75 Å². The summed E-state index contributed by atoms with van der Waals surface area (Å²) in [6.07, 6.45) is -3.67. The van der Waals surface area contributed by atoms with Crippen molar-refractivity contribution in [2.75, 3.05) is 17.3 Å². The predicted octanol–water partition coefficient (Wildman–Crippen LogP) is 4.32. The van der Waals surface area contributed by atoms with Gasteiger partial charge in [-0.2, -0.15) is 13.2 Å². The number of aromatic amines is 1. The highest BCUT2D eigenvalue weighted by molar-refractivity contribution is 6.08. The number of alkyl halides is 3. The Balaban J connectivity index is 1.25. The molecule has 3 aromatic carbocycles. The largest absolute Gasteiger partial charge is 0.507 e. The van der Waals surface area contributed by atoms with E-state index in [4.69, 9.17) is 22.3 Å². The molecule has 2 heterocycles. The molecular formula is C34H31F3N10O4. The third kappa shape index (κ3) is 8.40. The number of anilines is 2. The smallest absolute Gasteiger partial charge is 0.472 e. The maximum absolute atomic E-state index is 12.8. The number of amides is 3. The van der Waals surface area contributed by atoms with Gasteiger partial charge in [0.15, 0.2) is 0 Å². The zero-order valence-corrected chi connectivity index (χ0v) is 26.5. The van der Waals surface area contributed by atoms with E-state index in [0.29, 0.717) is 39.2 Å². The van der Waals surface area contributed by atoms with Gasteiger partial charge in [0.25, 0.3) is 5.91 Å². The van der Waals surface area contributed by atoms with Crippen molar-refractivity contribution >= 4 is 51.8 Å². The summed E-state index contributed by atoms with van der Waals surface area (Å²) in [7, 11) is 0. The second kappa shape index (κ2) is 14.7. The Bertz CT molecular complexity index is 2150. The molecule has 51 heavy (non-hydrogen) atoms. The van der Waals surface area contributed by atoms with Crippen LogP contribution in [0.1, 0.15) is 34.3 Å². The average Bonchev–Trinajstić information content (AvgIpc) is 3.48. The number of carbonyl (C=O) groups excluding carboxylic acids is 3. The number of fused-ring (bicyclic) bond motifs is 1. The number of benzene rings is 3. The van der Waals surface area contributed by atoms with Gasteiger partial charge in [-0.1, -0.05) is 36.4 Å². The van der Waals surface area contributed by atoms with Crippen LogP contribution in [0.2, 0.25) is 0 Å². The van der Waals surface area contributed by atoms with Crippen LogP contribution in [0.15, 0.2) is 79.0 Å². The first-order valence-electron chi connectivity index (χ1n) is 15.2. The van der Waals surface area contributed by atoms with Gasteiger partial charge in [0.1, 0.15) is 23.2 Å². The van der Waals surface area contributed by atoms with Crippen LogP contribution >= 0.6 is 0 Å². The van der Waals surface area contributed by atoms with Crippen molar-refractivity contribution < 1.29 is 32.7 Å².